The molecule has 0 spiro atoms. The van der Waals surface area contributed by atoms with Crippen LogP contribution in [0.1, 0.15) is 23.6 Å². The SMILES string of the molecule is CCc1ccccc1NO/C=N/OCc1cc2ccccc2c(C)c1O. The largest absolute Gasteiger partial charge is 0.507 e. The topological polar surface area (TPSA) is 63.1 Å². The first-order chi connectivity index (χ1) is 12.7. The molecule has 0 aromatic heterocycles. The van der Waals surface area contributed by atoms with Crippen LogP contribution < -0.4 is 5.48 Å². The molecule has 0 radical (unpaired) electrons. The zero-order valence-corrected chi connectivity index (χ0v) is 14.9. The zero-order valence-electron chi connectivity index (χ0n) is 14.9. The highest BCUT2D eigenvalue weighted by Gasteiger charge is 2.09. The Labute approximate surface area is 152 Å². The van der Waals surface area contributed by atoms with E-state index in [1.165, 1.54) is 6.40 Å². The lowest BCUT2D eigenvalue weighted by atomic mass is 10.0. The van der Waals surface area contributed by atoms with E-state index in [9.17, 15) is 5.11 Å². The Morgan fingerprint density at radius 1 is 1.08 bits per heavy atom. The number of nitrogens with one attached hydrogen (secondary N) is 1. The molecule has 0 aliphatic heterocycles. The highest BCUT2D eigenvalue weighted by molar-refractivity contribution is 5.88. The summed E-state index contributed by atoms with van der Waals surface area (Å²) in [5.41, 5.74) is 6.39. The summed E-state index contributed by atoms with van der Waals surface area (Å²) in [6, 6.07) is 17.7. The Morgan fingerprint density at radius 3 is 2.69 bits per heavy atom. The number of aryl methyl sites for hydroxylation is 2. The van der Waals surface area contributed by atoms with Crippen molar-refractivity contribution in [3.05, 3.63) is 71.3 Å². The number of fused-ring (bicyclic) bond motifs is 1. The van der Waals surface area contributed by atoms with Crippen LogP contribution in [0.5, 0.6) is 5.75 Å². The van der Waals surface area contributed by atoms with Crippen molar-refractivity contribution in [3.63, 3.8) is 0 Å². The van der Waals surface area contributed by atoms with E-state index in [2.05, 4.69) is 17.6 Å². The molecule has 0 bridgehead atoms. The van der Waals surface area contributed by atoms with Gasteiger partial charge in [0.15, 0.2) is 0 Å². The summed E-state index contributed by atoms with van der Waals surface area (Å²) in [6.07, 6.45) is 2.10. The second-order valence-electron chi connectivity index (χ2n) is 5.95. The fourth-order valence-corrected chi connectivity index (χ4v) is 2.88. The molecule has 0 saturated heterocycles. The maximum atomic E-state index is 10.3. The Kier molecular flexibility index (Phi) is 5.59. The molecule has 0 aliphatic carbocycles. The first-order valence-electron chi connectivity index (χ1n) is 8.54. The third kappa shape index (κ3) is 3.88. The molecule has 5 nitrogen and oxygen atoms in total. The second-order valence-corrected chi connectivity index (χ2v) is 5.95. The Balaban J connectivity index is 1.57. The van der Waals surface area contributed by atoms with Crippen LogP contribution in [0.15, 0.2) is 59.8 Å². The molecule has 3 aromatic rings. The predicted molar refractivity (Wildman–Crippen MR) is 104 cm³/mol. The average Bonchev–Trinajstić information content (AvgIpc) is 2.68. The van der Waals surface area contributed by atoms with E-state index in [-0.39, 0.29) is 12.4 Å². The average molecular weight is 350 g/mol. The lowest BCUT2D eigenvalue weighted by Gasteiger charge is -2.10. The number of anilines is 1. The summed E-state index contributed by atoms with van der Waals surface area (Å²) in [5.74, 6) is 0.231. The van der Waals surface area contributed by atoms with Gasteiger partial charge in [0.1, 0.15) is 12.4 Å². The Bertz CT molecular complexity index is 922. The van der Waals surface area contributed by atoms with Gasteiger partial charge in [0.05, 0.1) is 5.69 Å². The van der Waals surface area contributed by atoms with Gasteiger partial charge in [-0.05, 0) is 47.4 Å². The van der Waals surface area contributed by atoms with E-state index in [1.807, 2.05) is 61.5 Å². The van der Waals surface area contributed by atoms with Gasteiger partial charge in [-0.25, -0.2) is 5.48 Å². The van der Waals surface area contributed by atoms with Crippen molar-refractivity contribution in [2.45, 2.75) is 26.9 Å². The van der Waals surface area contributed by atoms with E-state index in [0.29, 0.717) is 5.56 Å². The van der Waals surface area contributed by atoms with Gasteiger partial charge >= 0.3 is 0 Å². The molecule has 134 valence electrons. The maximum Gasteiger partial charge on any atom is 0.245 e. The van der Waals surface area contributed by atoms with Gasteiger partial charge in [0, 0.05) is 5.56 Å². The van der Waals surface area contributed by atoms with Gasteiger partial charge in [0.25, 0.3) is 0 Å². The van der Waals surface area contributed by atoms with Crippen LogP contribution in [0, 0.1) is 6.92 Å². The van der Waals surface area contributed by atoms with Gasteiger partial charge in [-0.15, -0.1) is 0 Å². The number of hydrogen-bond acceptors (Lipinski definition) is 5. The van der Waals surface area contributed by atoms with Crippen LogP contribution >= 0.6 is 0 Å². The van der Waals surface area contributed by atoms with Crippen molar-refractivity contribution >= 4 is 22.9 Å². The van der Waals surface area contributed by atoms with Crippen LogP contribution in [-0.4, -0.2) is 11.5 Å². The molecule has 0 atom stereocenters. The second kappa shape index (κ2) is 8.25. The van der Waals surface area contributed by atoms with Gasteiger partial charge in [-0.2, -0.15) is 0 Å². The monoisotopic (exact) mass is 350 g/mol. The van der Waals surface area contributed by atoms with Gasteiger partial charge in [-0.3, -0.25) is 0 Å². The molecule has 3 aromatic carbocycles. The molecule has 2 N–H and O–H groups in total. The van der Waals surface area contributed by atoms with Crippen molar-refractivity contribution in [1.29, 1.82) is 0 Å². The van der Waals surface area contributed by atoms with E-state index >= 15 is 0 Å². The Morgan fingerprint density at radius 2 is 1.85 bits per heavy atom. The summed E-state index contributed by atoms with van der Waals surface area (Å²) in [5, 5.41) is 16.2. The number of para-hydroxylation sites is 1. The van der Waals surface area contributed by atoms with E-state index < -0.39 is 0 Å². The highest BCUT2D eigenvalue weighted by Crippen LogP contribution is 2.30. The minimum atomic E-state index is 0.156. The number of phenols is 1. The standard InChI is InChI=1S/C21H22N2O3/c1-3-16-8-5-7-11-20(16)23-26-14-22-25-13-18-12-17-9-4-6-10-19(17)15(2)21(18)24/h4-12,14,23-24H,3,13H2,1-2H3/b22-14+. The molecule has 0 unspecified atom stereocenters. The molecule has 0 heterocycles. The molecule has 0 aliphatic rings. The predicted octanol–water partition coefficient (Wildman–Crippen LogP) is 4.92. The molecule has 0 fully saturated rings. The molecule has 26 heavy (non-hydrogen) atoms. The van der Waals surface area contributed by atoms with E-state index in [1.54, 1.807) is 0 Å². The first-order valence-corrected chi connectivity index (χ1v) is 8.54. The fourth-order valence-electron chi connectivity index (χ4n) is 2.88. The minimum Gasteiger partial charge on any atom is -0.507 e. The number of phenolic OH excluding ortho intramolecular Hbond substituents is 1. The lowest BCUT2D eigenvalue weighted by Crippen LogP contribution is -2.02. The number of nitrogens with zero attached hydrogens (tertiary/aromatic N) is 1. The third-order valence-electron chi connectivity index (χ3n) is 4.31. The van der Waals surface area contributed by atoms with E-state index in [0.717, 1.165) is 34.0 Å². The number of aromatic hydroxyl groups is 1. The number of oxime groups is 1. The molecule has 3 rings (SSSR count). The van der Waals surface area contributed by atoms with Gasteiger partial charge in [0.2, 0.25) is 6.40 Å². The summed E-state index contributed by atoms with van der Waals surface area (Å²) in [4.78, 5) is 10.4. The van der Waals surface area contributed by atoms with E-state index in [4.69, 9.17) is 9.68 Å². The van der Waals surface area contributed by atoms with Crippen molar-refractivity contribution < 1.29 is 14.8 Å². The normalized spacial score (nSPS) is 11.0. The summed E-state index contributed by atoms with van der Waals surface area (Å²) < 4.78 is 0. The van der Waals surface area contributed by atoms with Crippen LogP contribution in [-0.2, 0) is 22.7 Å². The Hall–Kier alpha value is -3.21. The third-order valence-corrected chi connectivity index (χ3v) is 4.31. The van der Waals surface area contributed by atoms with Crippen molar-refractivity contribution in [2.24, 2.45) is 5.16 Å². The lowest BCUT2D eigenvalue weighted by molar-refractivity contribution is 0.123. The fraction of sp³-hybridized carbons (Fsp3) is 0.190. The van der Waals surface area contributed by atoms with Crippen LogP contribution in [0.25, 0.3) is 10.8 Å². The number of benzene rings is 3. The first kappa shape index (κ1) is 17.6. The minimum absolute atomic E-state index is 0.156. The smallest absolute Gasteiger partial charge is 0.245 e. The molecule has 0 amide bonds. The van der Waals surface area contributed by atoms with Crippen LogP contribution in [0.4, 0.5) is 5.69 Å². The molecular formula is C21H22N2O3. The molecule has 0 saturated carbocycles. The van der Waals surface area contributed by atoms with Gasteiger partial charge in [-0.1, -0.05) is 54.5 Å². The zero-order chi connectivity index (χ0) is 18.4. The highest BCUT2D eigenvalue weighted by atomic mass is 16.7. The number of rotatable bonds is 7. The molecule has 5 heteroatoms. The summed E-state index contributed by atoms with van der Waals surface area (Å²) in [6.45, 7) is 4.13. The van der Waals surface area contributed by atoms with Crippen LogP contribution in [0.3, 0.4) is 0 Å². The van der Waals surface area contributed by atoms with Crippen molar-refractivity contribution in [2.75, 3.05) is 5.48 Å². The quantitative estimate of drug-likeness (QED) is 0.361. The van der Waals surface area contributed by atoms with Crippen molar-refractivity contribution in [3.8, 4) is 5.75 Å². The van der Waals surface area contributed by atoms with Crippen molar-refractivity contribution in [1.82, 2.24) is 0 Å². The summed E-state index contributed by atoms with van der Waals surface area (Å²) >= 11 is 0. The summed E-state index contributed by atoms with van der Waals surface area (Å²) in [7, 11) is 0. The number of hydrogen-bond donors (Lipinski definition) is 2. The maximum absolute atomic E-state index is 10.3. The van der Waals surface area contributed by atoms with Crippen LogP contribution in [0.2, 0.25) is 0 Å². The molecular weight excluding hydrogens is 328 g/mol. The van der Waals surface area contributed by atoms with Gasteiger partial charge < -0.3 is 14.8 Å².